The van der Waals surface area contributed by atoms with Gasteiger partial charge in [0.15, 0.2) is 0 Å². The third-order valence-electron chi connectivity index (χ3n) is 2.48. The van der Waals surface area contributed by atoms with E-state index < -0.39 is 30.0 Å². The molecular weight excluding hydrogens is 227 g/mol. The monoisotopic (exact) mass is 236 g/mol. The van der Waals surface area contributed by atoms with Gasteiger partial charge in [-0.1, -0.05) is 0 Å². The summed E-state index contributed by atoms with van der Waals surface area (Å²) < 4.78 is 13.7. The largest absolute Gasteiger partial charge is 0.368 e. The fourth-order valence-electron chi connectivity index (χ4n) is 1.83. The molecule has 1 aliphatic heterocycles. The number of amides is 2. The van der Waals surface area contributed by atoms with Crippen molar-refractivity contribution in [2.24, 2.45) is 5.73 Å². The number of Topliss-reactive ketones (excluding diaryl/α,β-unsaturated/α-hetero) is 1. The predicted octanol–water partition coefficient (Wildman–Crippen LogP) is 0.149. The van der Waals surface area contributed by atoms with E-state index in [9.17, 15) is 18.8 Å². The van der Waals surface area contributed by atoms with Crippen molar-refractivity contribution >= 4 is 23.3 Å². The average molecular weight is 236 g/mol. The Morgan fingerprint density at radius 1 is 1.41 bits per heavy atom. The fraction of sp³-hybridized carbons (Fsp3) is 0.182. The second-order valence-electron chi connectivity index (χ2n) is 3.83. The molecule has 0 saturated heterocycles. The third-order valence-corrected chi connectivity index (χ3v) is 2.48. The zero-order chi connectivity index (χ0) is 12.7. The van der Waals surface area contributed by atoms with Crippen molar-refractivity contribution < 1.29 is 18.8 Å². The number of rotatable bonds is 2. The summed E-state index contributed by atoms with van der Waals surface area (Å²) in [6, 6.07) is 2.61. The van der Waals surface area contributed by atoms with Crippen LogP contribution >= 0.6 is 0 Å². The number of nitrogens with zero attached hydrogens (tertiary/aromatic N) is 1. The van der Waals surface area contributed by atoms with Crippen LogP contribution in [0.25, 0.3) is 0 Å². The third kappa shape index (κ3) is 1.67. The van der Waals surface area contributed by atoms with Gasteiger partial charge in [0.1, 0.15) is 12.4 Å². The van der Waals surface area contributed by atoms with E-state index in [-0.39, 0.29) is 11.3 Å². The van der Waals surface area contributed by atoms with Crippen molar-refractivity contribution in [3.05, 3.63) is 29.1 Å². The molecule has 2 rings (SSSR count). The number of nitrogens with two attached hydrogens (primary N) is 1. The smallest absolute Gasteiger partial charge is 0.300 e. The van der Waals surface area contributed by atoms with Gasteiger partial charge in [0.25, 0.3) is 11.7 Å². The average Bonchev–Trinajstić information content (AvgIpc) is 2.43. The Bertz CT molecular complexity index is 554. The van der Waals surface area contributed by atoms with E-state index in [2.05, 4.69) is 0 Å². The number of benzene rings is 1. The number of anilines is 1. The van der Waals surface area contributed by atoms with Gasteiger partial charge in [-0.3, -0.25) is 19.3 Å². The lowest BCUT2D eigenvalue weighted by molar-refractivity contribution is -0.120. The standard InChI is InChI=1S/C11H9FN2O3/c1-5-2-6-9(7(12)3-5)14(4-8(13)15)11(17)10(6)16/h2-3H,4H2,1H3,(H2,13,15). The first-order chi connectivity index (χ1) is 7.91. The molecule has 0 fully saturated rings. The van der Waals surface area contributed by atoms with Gasteiger partial charge in [-0.05, 0) is 24.6 Å². The molecule has 0 unspecified atom stereocenters. The Labute approximate surface area is 96.0 Å². The predicted molar refractivity (Wildman–Crippen MR) is 57.0 cm³/mol. The van der Waals surface area contributed by atoms with Crippen LogP contribution in [0.15, 0.2) is 12.1 Å². The van der Waals surface area contributed by atoms with Crippen molar-refractivity contribution in [2.45, 2.75) is 6.92 Å². The maximum atomic E-state index is 13.7. The maximum Gasteiger partial charge on any atom is 0.300 e. The first-order valence-corrected chi connectivity index (χ1v) is 4.86. The lowest BCUT2D eigenvalue weighted by atomic mass is 10.1. The number of halogens is 1. The second kappa shape index (κ2) is 3.65. The maximum absolute atomic E-state index is 13.7. The second-order valence-corrected chi connectivity index (χ2v) is 3.83. The van der Waals surface area contributed by atoms with Crippen LogP contribution in [0.2, 0.25) is 0 Å². The minimum Gasteiger partial charge on any atom is -0.368 e. The molecule has 1 heterocycles. The molecule has 5 nitrogen and oxygen atoms in total. The molecule has 1 aromatic carbocycles. The number of ketones is 1. The topological polar surface area (TPSA) is 80.5 Å². The van der Waals surface area contributed by atoms with Crippen LogP contribution in [0.3, 0.4) is 0 Å². The zero-order valence-corrected chi connectivity index (χ0v) is 8.99. The van der Waals surface area contributed by atoms with Gasteiger partial charge in [-0.15, -0.1) is 0 Å². The van der Waals surface area contributed by atoms with Crippen molar-refractivity contribution in [1.29, 1.82) is 0 Å². The molecule has 0 aliphatic carbocycles. The number of primary amides is 1. The van der Waals surface area contributed by atoms with Crippen LogP contribution in [-0.2, 0) is 9.59 Å². The summed E-state index contributed by atoms with van der Waals surface area (Å²) in [6.07, 6.45) is 0. The van der Waals surface area contributed by atoms with E-state index in [4.69, 9.17) is 5.73 Å². The molecule has 1 aromatic rings. The Hall–Kier alpha value is -2.24. The van der Waals surface area contributed by atoms with Crippen molar-refractivity contribution in [1.82, 2.24) is 0 Å². The lowest BCUT2D eigenvalue weighted by Gasteiger charge is -2.14. The highest BCUT2D eigenvalue weighted by molar-refractivity contribution is 6.52. The lowest BCUT2D eigenvalue weighted by Crippen LogP contribution is -2.37. The number of carbonyl (C=O) groups excluding carboxylic acids is 3. The molecule has 2 N–H and O–H groups in total. The summed E-state index contributed by atoms with van der Waals surface area (Å²) in [5, 5.41) is 0. The number of fused-ring (bicyclic) bond motifs is 1. The highest BCUT2D eigenvalue weighted by Gasteiger charge is 2.38. The first kappa shape index (κ1) is 11.3. The van der Waals surface area contributed by atoms with E-state index in [1.165, 1.54) is 12.1 Å². The summed E-state index contributed by atoms with van der Waals surface area (Å²) in [5.41, 5.74) is 5.30. The molecule has 0 saturated carbocycles. The normalized spacial score (nSPS) is 14.1. The molecule has 88 valence electrons. The fourth-order valence-corrected chi connectivity index (χ4v) is 1.83. The van der Waals surface area contributed by atoms with Crippen LogP contribution in [-0.4, -0.2) is 24.1 Å². The number of hydrogen-bond acceptors (Lipinski definition) is 3. The Morgan fingerprint density at radius 3 is 2.65 bits per heavy atom. The molecule has 17 heavy (non-hydrogen) atoms. The van der Waals surface area contributed by atoms with E-state index >= 15 is 0 Å². The Morgan fingerprint density at radius 2 is 2.06 bits per heavy atom. The van der Waals surface area contributed by atoms with Crippen LogP contribution in [0.1, 0.15) is 15.9 Å². The summed E-state index contributed by atoms with van der Waals surface area (Å²) in [4.78, 5) is 34.7. The number of carbonyl (C=O) groups is 3. The van der Waals surface area contributed by atoms with Gasteiger partial charge in [0.2, 0.25) is 5.91 Å². The van der Waals surface area contributed by atoms with Crippen molar-refractivity contribution in [3.8, 4) is 0 Å². The molecule has 2 amide bonds. The summed E-state index contributed by atoms with van der Waals surface area (Å²) in [7, 11) is 0. The SMILES string of the molecule is Cc1cc(F)c2c(c1)C(=O)C(=O)N2CC(N)=O. The summed E-state index contributed by atoms with van der Waals surface area (Å²) >= 11 is 0. The van der Waals surface area contributed by atoms with Gasteiger partial charge in [0.05, 0.1) is 11.3 Å². The van der Waals surface area contributed by atoms with E-state index in [1.54, 1.807) is 6.92 Å². The number of hydrogen-bond donors (Lipinski definition) is 1. The highest BCUT2D eigenvalue weighted by atomic mass is 19.1. The molecule has 0 radical (unpaired) electrons. The van der Waals surface area contributed by atoms with Crippen molar-refractivity contribution in [2.75, 3.05) is 11.4 Å². The van der Waals surface area contributed by atoms with Gasteiger partial charge in [0, 0.05) is 0 Å². The van der Waals surface area contributed by atoms with Crippen LogP contribution < -0.4 is 10.6 Å². The summed E-state index contributed by atoms with van der Waals surface area (Å²) in [5.74, 6) is -3.26. The molecule has 0 aromatic heterocycles. The van der Waals surface area contributed by atoms with Gasteiger partial charge in [-0.25, -0.2) is 4.39 Å². The minimum atomic E-state index is -0.927. The van der Waals surface area contributed by atoms with E-state index in [0.717, 1.165) is 4.90 Å². The van der Waals surface area contributed by atoms with Crippen LogP contribution in [0.4, 0.5) is 10.1 Å². The Kier molecular flexibility index (Phi) is 2.42. The molecule has 0 spiro atoms. The quantitative estimate of drug-likeness (QED) is 0.742. The molecule has 6 heteroatoms. The van der Waals surface area contributed by atoms with Crippen LogP contribution in [0, 0.1) is 12.7 Å². The highest BCUT2D eigenvalue weighted by Crippen LogP contribution is 2.32. The van der Waals surface area contributed by atoms with Gasteiger partial charge >= 0.3 is 0 Å². The van der Waals surface area contributed by atoms with E-state index in [0.29, 0.717) is 5.56 Å². The van der Waals surface area contributed by atoms with Gasteiger partial charge in [-0.2, -0.15) is 0 Å². The summed E-state index contributed by atoms with van der Waals surface area (Å²) in [6.45, 7) is 1.11. The molecule has 1 aliphatic rings. The van der Waals surface area contributed by atoms with Crippen LogP contribution in [0.5, 0.6) is 0 Å². The molecule has 0 bridgehead atoms. The molecule has 0 atom stereocenters. The van der Waals surface area contributed by atoms with Crippen molar-refractivity contribution in [3.63, 3.8) is 0 Å². The van der Waals surface area contributed by atoms with E-state index in [1.807, 2.05) is 0 Å². The number of aryl methyl sites for hydroxylation is 1. The zero-order valence-electron chi connectivity index (χ0n) is 8.99. The first-order valence-electron chi connectivity index (χ1n) is 4.86. The minimum absolute atomic E-state index is 0.0197. The van der Waals surface area contributed by atoms with Gasteiger partial charge < -0.3 is 5.73 Å². The molecular formula is C11H9FN2O3. The Balaban J connectivity index is 2.60.